The summed E-state index contributed by atoms with van der Waals surface area (Å²) in [5, 5.41) is 0.380. The molecular formula is C28H26FIN2O4S. The van der Waals surface area contributed by atoms with Crippen molar-refractivity contribution in [3.8, 4) is 17.2 Å². The number of hydrogen-bond acceptors (Lipinski definition) is 5. The van der Waals surface area contributed by atoms with Crippen molar-refractivity contribution in [2.24, 2.45) is 0 Å². The molecule has 0 radical (unpaired) electrons. The van der Waals surface area contributed by atoms with Crippen molar-refractivity contribution >= 4 is 57.6 Å². The summed E-state index contributed by atoms with van der Waals surface area (Å²) >= 11 is 7.74. The number of hydrogen-bond donors (Lipinski definition) is 0. The van der Waals surface area contributed by atoms with E-state index in [2.05, 4.69) is 22.6 Å². The van der Waals surface area contributed by atoms with Gasteiger partial charge in [-0.1, -0.05) is 18.2 Å². The second-order valence-electron chi connectivity index (χ2n) is 8.08. The van der Waals surface area contributed by atoms with E-state index in [4.69, 9.17) is 26.4 Å². The zero-order chi connectivity index (χ0) is 26.5. The molecule has 1 saturated heterocycles. The molecule has 1 aliphatic rings. The number of thiocarbonyl (C=S) groups is 1. The topological polar surface area (TPSA) is 51.2 Å². The maximum atomic E-state index is 14.1. The summed E-state index contributed by atoms with van der Waals surface area (Å²) in [6, 6.07) is 17.4. The fraction of sp³-hybridized carbons (Fsp3) is 0.214. The van der Waals surface area contributed by atoms with Crippen molar-refractivity contribution in [2.45, 2.75) is 20.5 Å². The van der Waals surface area contributed by atoms with Gasteiger partial charge in [0.05, 0.1) is 22.5 Å². The summed E-state index contributed by atoms with van der Waals surface area (Å²) in [5.74, 6) is 1.20. The van der Waals surface area contributed by atoms with Crippen LogP contribution in [0.25, 0.3) is 6.08 Å². The van der Waals surface area contributed by atoms with Crippen LogP contribution in [0.5, 0.6) is 17.2 Å². The van der Waals surface area contributed by atoms with Crippen molar-refractivity contribution < 1.29 is 23.4 Å². The number of amides is 1. The number of halogens is 2. The Morgan fingerprint density at radius 1 is 1.00 bits per heavy atom. The van der Waals surface area contributed by atoms with Crippen LogP contribution in [0, 0.1) is 9.39 Å². The highest BCUT2D eigenvalue weighted by Crippen LogP contribution is 2.37. The van der Waals surface area contributed by atoms with E-state index in [-0.39, 0.29) is 18.3 Å². The molecule has 1 fully saturated rings. The zero-order valence-electron chi connectivity index (χ0n) is 20.7. The van der Waals surface area contributed by atoms with Gasteiger partial charge in [0.2, 0.25) is 0 Å². The van der Waals surface area contributed by atoms with Gasteiger partial charge < -0.3 is 19.1 Å². The van der Waals surface area contributed by atoms with Gasteiger partial charge in [-0.05, 0) is 103 Å². The quantitative estimate of drug-likeness (QED) is 0.155. The van der Waals surface area contributed by atoms with Gasteiger partial charge in [0.1, 0.15) is 23.9 Å². The lowest BCUT2D eigenvalue weighted by Gasteiger charge is -2.17. The molecule has 0 spiro atoms. The monoisotopic (exact) mass is 632 g/mol. The number of nitrogens with zero attached hydrogens (tertiary/aromatic N) is 2. The number of likely N-dealkylation sites (N-methyl/N-ethyl adjacent to an activating group) is 1. The van der Waals surface area contributed by atoms with Crippen LogP contribution in [0.4, 0.5) is 10.1 Å². The lowest BCUT2D eigenvalue weighted by atomic mass is 10.1. The van der Waals surface area contributed by atoms with Crippen molar-refractivity contribution in [1.29, 1.82) is 0 Å². The van der Waals surface area contributed by atoms with E-state index in [1.807, 2.05) is 44.2 Å². The SMILES string of the molecule is CCOc1ccc(N2C(=O)/C(=C/c3cc(I)c(OCc4ccccc4F)c(OCC)c3)N(C)C2=S)cc1. The fourth-order valence-corrected chi connectivity index (χ4v) is 4.91. The summed E-state index contributed by atoms with van der Waals surface area (Å²) in [7, 11) is 1.76. The second kappa shape index (κ2) is 11.9. The molecular weight excluding hydrogens is 606 g/mol. The predicted molar refractivity (Wildman–Crippen MR) is 154 cm³/mol. The first-order chi connectivity index (χ1) is 17.8. The van der Waals surface area contributed by atoms with E-state index < -0.39 is 0 Å². The van der Waals surface area contributed by atoms with Crippen LogP contribution in [0.1, 0.15) is 25.0 Å². The van der Waals surface area contributed by atoms with Gasteiger partial charge in [-0.3, -0.25) is 9.69 Å². The minimum Gasteiger partial charge on any atom is -0.494 e. The smallest absolute Gasteiger partial charge is 0.281 e. The van der Waals surface area contributed by atoms with E-state index in [1.165, 1.54) is 11.0 Å². The third kappa shape index (κ3) is 5.88. The minimum absolute atomic E-state index is 0.0652. The molecule has 0 aliphatic carbocycles. The first-order valence-corrected chi connectivity index (χ1v) is 13.2. The molecule has 0 atom stereocenters. The molecule has 1 amide bonds. The summed E-state index contributed by atoms with van der Waals surface area (Å²) in [5.41, 5.74) is 2.29. The number of benzene rings is 3. The van der Waals surface area contributed by atoms with Crippen LogP contribution in [0.3, 0.4) is 0 Å². The Kier molecular flexibility index (Phi) is 8.65. The molecule has 1 aliphatic heterocycles. The van der Waals surface area contributed by atoms with Gasteiger partial charge in [0.15, 0.2) is 16.6 Å². The Morgan fingerprint density at radius 2 is 1.70 bits per heavy atom. The molecule has 0 unspecified atom stereocenters. The molecule has 0 bridgehead atoms. The first-order valence-electron chi connectivity index (χ1n) is 11.7. The Balaban J connectivity index is 1.62. The maximum Gasteiger partial charge on any atom is 0.281 e. The number of anilines is 1. The Hall–Kier alpha value is -3.18. The van der Waals surface area contributed by atoms with Crippen LogP contribution in [0.15, 0.2) is 66.4 Å². The van der Waals surface area contributed by atoms with Gasteiger partial charge in [-0.2, -0.15) is 0 Å². The molecule has 0 saturated carbocycles. The van der Waals surface area contributed by atoms with Crippen molar-refractivity contribution in [3.63, 3.8) is 0 Å². The highest BCUT2D eigenvalue weighted by Gasteiger charge is 2.36. The summed E-state index contributed by atoms with van der Waals surface area (Å²) in [6.45, 7) is 4.83. The Morgan fingerprint density at radius 3 is 2.38 bits per heavy atom. The molecule has 1 heterocycles. The van der Waals surface area contributed by atoms with E-state index in [1.54, 1.807) is 42.3 Å². The first kappa shape index (κ1) is 26.9. The third-order valence-corrected chi connectivity index (χ3v) is 6.89. The molecule has 0 N–H and O–H groups in total. The fourth-order valence-electron chi connectivity index (χ4n) is 3.84. The van der Waals surface area contributed by atoms with E-state index in [9.17, 15) is 9.18 Å². The van der Waals surface area contributed by atoms with Crippen molar-refractivity contribution in [3.05, 3.63) is 86.9 Å². The zero-order valence-corrected chi connectivity index (χ0v) is 23.6. The largest absolute Gasteiger partial charge is 0.494 e. The Bertz CT molecular complexity index is 1350. The lowest BCUT2D eigenvalue weighted by Crippen LogP contribution is -2.31. The molecule has 3 aromatic rings. The average Bonchev–Trinajstić information content (AvgIpc) is 3.08. The van der Waals surface area contributed by atoms with Crippen LogP contribution >= 0.6 is 34.8 Å². The molecule has 3 aromatic carbocycles. The number of carbonyl (C=O) groups is 1. The van der Waals surface area contributed by atoms with E-state index in [0.717, 1.165) is 14.9 Å². The third-order valence-electron chi connectivity index (χ3n) is 5.63. The summed E-state index contributed by atoms with van der Waals surface area (Å²) in [6.07, 6.45) is 1.77. The predicted octanol–water partition coefficient (Wildman–Crippen LogP) is 6.41. The second-order valence-corrected chi connectivity index (χ2v) is 9.61. The highest BCUT2D eigenvalue weighted by atomic mass is 127. The molecule has 9 heteroatoms. The van der Waals surface area contributed by atoms with Gasteiger partial charge in [0, 0.05) is 12.6 Å². The van der Waals surface area contributed by atoms with Crippen LogP contribution in [0.2, 0.25) is 0 Å². The van der Waals surface area contributed by atoms with Crippen LogP contribution < -0.4 is 19.1 Å². The number of ether oxygens (including phenoxy) is 3. The molecule has 192 valence electrons. The molecule has 0 aromatic heterocycles. The molecule has 6 nitrogen and oxygen atoms in total. The van der Waals surface area contributed by atoms with E-state index >= 15 is 0 Å². The summed E-state index contributed by atoms with van der Waals surface area (Å²) in [4.78, 5) is 16.6. The Labute approximate surface area is 234 Å². The van der Waals surface area contributed by atoms with Crippen molar-refractivity contribution in [2.75, 3.05) is 25.2 Å². The maximum absolute atomic E-state index is 14.1. The summed E-state index contributed by atoms with van der Waals surface area (Å²) < 4.78 is 32.1. The average molecular weight is 632 g/mol. The molecule has 37 heavy (non-hydrogen) atoms. The van der Waals surface area contributed by atoms with Gasteiger partial charge >= 0.3 is 0 Å². The van der Waals surface area contributed by atoms with Gasteiger partial charge in [-0.25, -0.2) is 4.39 Å². The lowest BCUT2D eigenvalue weighted by molar-refractivity contribution is -0.114. The van der Waals surface area contributed by atoms with Crippen molar-refractivity contribution in [1.82, 2.24) is 4.90 Å². The normalized spacial score (nSPS) is 14.5. The molecule has 4 rings (SSSR count). The minimum atomic E-state index is -0.326. The highest BCUT2D eigenvalue weighted by molar-refractivity contribution is 14.1. The van der Waals surface area contributed by atoms with Gasteiger partial charge in [0.25, 0.3) is 5.91 Å². The number of carbonyl (C=O) groups excluding carboxylic acids is 1. The van der Waals surface area contributed by atoms with Crippen LogP contribution in [-0.4, -0.2) is 36.2 Å². The van der Waals surface area contributed by atoms with E-state index in [0.29, 0.717) is 46.8 Å². The number of rotatable bonds is 9. The standard InChI is InChI=1S/C28H26FIN2O4S/c1-4-34-21-12-10-20(11-13-21)32-27(33)24(31(3)28(32)37)15-18-14-23(30)26(25(16-18)35-5-2)36-17-19-8-6-7-9-22(19)29/h6-16H,4-5,17H2,1-3H3/b24-15-. The van der Waals surface area contributed by atoms with Crippen LogP contribution in [-0.2, 0) is 11.4 Å². The van der Waals surface area contributed by atoms with Gasteiger partial charge in [-0.15, -0.1) is 0 Å².